The molecule has 0 bridgehead atoms. The smallest absolute Gasteiger partial charge is 0.312 e. The summed E-state index contributed by atoms with van der Waals surface area (Å²) in [7, 11) is 0. The lowest BCUT2D eigenvalue weighted by molar-refractivity contribution is 0.399. The van der Waals surface area contributed by atoms with Gasteiger partial charge in [-0.2, -0.15) is 0 Å². The predicted molar refractivity (Wildman–Crippen MR) is 35.1 cm³/mol. The molecule has 1 aliphatic heterocycles. The van der Waals surface area contributed by atoms with Crippen molar-refractivity contribution in [2.45, 2.75) is 0 Å². The summed E-state index contributed by atoms with van der Waals surface area (Å²) in [5.74, 6) is 1.24. The summed E-state index contributed by atoms with van der Waals surface area (Å²) in [6.45, 7) is 1.21. The second-order valence-corrected chi connectivity index (χ2v) is 3.62. The van der Waals surface area contributed by atoms with E-state index in [0.29, 0.717) is 24.6 Å². The molecule has 1 saturated heterocycles. The maximum atomic E-state index is 10.7. The average Bonchev–Trinajstić information content (AvgIpc) is 1.90. The van der Waals surface area contributed by atoms with Gasteiger partial charge in [0.25, 0.3) is 0 Å². The van der Waals surface area contributed by atoms with Gasteiger partial charge in [0.1, 0.15) is 11.5 Å². The van der Waals surface area contributed by atoms with Crippen LogP contribution in [0.1, 0.15) is 0 Å². The van der Waals surface area contributed by atoms with Gasteiger partial charge < -0.3 is 9.45 Å². The zero-order chi connectivity index (χ0) is 6.69. The Balaban J connectivity index is 2.26. The fourth-order valence-corrected chi connectivity index (χ4v) is 1.78. The number of carbonyl (C=O) groups excluding carboxylic acids is 1. The van der Waals surface area contributed by atoms with Crippen LogP contribution in [0, 0.1) is 0 Å². The Labute approximate surface area is 57.2 Å². The first-order chi connectivity index (χ1) is 4.33. The molecule has 1 amide bonds. The maximum absolute atomic E-state index is 10.7. The Morgan fingerprint density at radius 2 is 2.00 bits per heavy atom. The molecule has 0 aromatic carbocycles. The zero-order valence-corrected chi connectivity index (χ0v) is 5.82. The van der Waals surface area contributed by atoms with Crippen LogP contribution in [0.5, 0.6) is 0 Å². The monoisotopic (exact) mass is 146 g/mol. The van der Waals surface area contributed by atoms with E-state index in [1.165, 1.54) is 4.90 Å². The summed E-state index contributed by atoms with van der Waals surface area (Å²) >= 11 is -0.683. The van der Waals surface area contributed by atoms with Crippen molar-refractivity contribution < 1.29 is 9.35 Å². The highest BCUT2D eigenvalue weighted by Gasteiger charge is 2.17. The summed E-state index contributed by atoms with van der Waals surface area (Å²) in [6.07, 6.45) is 1.77. The third kappa shape index (κ3) is 1.87. The van der Waals surface area contributed by atoms with Crippen LogP contribution in [0.3, 0.4) is 0 Å². The van der Waals surface area contributed by atoms with Crippen molar-refractivity contribution in [1.82, 2.24) is 4.90 Å². The van der Waals surface area contributed by atoms with Crippen LogP contribution in [0.25, 0.3) is 0 Å². The molecule has 0 aliphatic carbocycles. The third-order valence-corrected chi connectivity index (χ3v) is 2.58. The van der Waals surface area contributed by atoms with Gasteiger partial charge in [-0.1, -0.05) is 11.2 Å². The quantitative estimate of drug-likeness (QED) is 0.451. The molecular formula is C5H8NO2S. The van der Waals surface area contributed by atoms with E-state index in [2.05, 4.69) is 0 Å². The van der Waals surface area contributed by atoms with Crippen LogP contribution in [0.4, 0.5) is 0 Å². The second-order valence-electron chi connectivity index (χ2n) is 1.93. The fraction of sp³-hybridized carbons (Fsp3) is 0.800. The highest BCUT2D eigenvalue weighted by Crippen LogP contribution is 2.00. The molecule has 9 heavy (non-hydrogen) atoms. The fourth-order valence-electron chi connectivity index (χ4n) is 0.729. The third-order valence-electron chi connectivity index (χ3n) is 1.31. The number of nitrogens with zero attached hydrogens (tertiary/aromatic N) is 1. The van der Waals surface area contributed by atoms with Crippen molar-refractivity contribution >= 4 is 17.6 Å². The molecule has 0 spiro atoms. The minimum atomic E-state index is -0.683. The molecule has 0 unspecified atom stereocenters. The normalized spacial score (nSPS) is 22.1. The first-order valence-corrected chi connectivity index (χ1v) is 4.29. The van der Waals surface area contributed by atoms with E-state index < -0.39 is 11.2 Å². The molecule has 4 heteroatoms. The largest absolute Gasteiger partial charge is 0.616 e. The minimum absolute atomic E-state index is 0.607. The van der Waals surface area contributed by atoms with Crippen LogP contribution in [-0.4, -0.2) is 40.5 Å². The number of rotatable bonds is 1. The lowest BCUT2D eigenvalue weighted by Gasteiger charge is -2.23. The van der Waals surface area contributed by atoms with Crippen LogP contribution >= 0.6 is 0 Å². The SMILES string of the molecule is O=[C]N1CC[S+]([O-])CC1. The molecule has 3 nitrogen and oxygen atoms in total. The molecule has 1 aliphatic rings. The van der Waals surface area contributed by atoms with Gasteiger partial charge in [0.15, 0.2) is 0 Å². The van der Waals surface area contributed by atoms with Gasteiger partial charge in [0.2, 0.25) is 0 Å². The van der Waals surface area contributed by atoms with E-state index in [0.717, 1.165) is 0 Å². The topological polar surface area (TPSA) is 43.4 Å². The van der Waals surface area contributed by atoms with Gasteiger partial charge in [0.05, 0.1) is 13.1 Å². The standard InChI is InChI=1S/C5H8NO2S/c7-5-6-1-3-9(8)4-2-6/h1-4H2. The predicted octanol–water partition coefficient (Wildman–Crippen LogP) is -0.882. The molecule has 1 radical (unpaired) electrons. The summed E-state index contributed by atoms with van der Waals surface area (Å²) in [4.78, 5) is 11.5. The molecule has 0 aromatic heterocycles. The minimum Gasteiger partial charge on any atom is -0.616 e. The summed E-state index contributed by atoms with van der Waals surface area (Å²) in [5, 5.41) is 0. The number of hydrogen-bond acceptors (Lipinski definition) is 2. The van der Waals surface area contributed by atoms with E-state index in [4.69, 9.17) is 0 Å². The van der Waals surface area contributed by atoms with Gasteiger partial charge in [-0.05, 0) is 0 Å². The van der Waals surface area contributed by atoms with E-state index >= 15 is 0 Å². The van der Waals surface area contributed by atoms with Crippen molar-refractivity contribution in [3.8, 4) is 0 Å². The van der Waals surface area contributed by atoms with Crippen molar-refractivity contribution in [1.29, 1.82) is 0 Å². The van der Waals surface area contributed by atoms with Crippen molar-refractivity contribution in [2.24, 2.45) is 0 Å². The van der Waals surface area contributed by atoms with Crippen molar-refractivity contribution in [3.63, 3.8) is 0 Å². The van der Waals surface area contributed by atoms with Gasteiger partial charge in [-0.3, -0.25) is 4.79 Å². The molecule has 0 N–H and O–H groups in total. The van der Waals surface area contributed by atoms with Crippen LogP contribution in [-0.2, 0) is 16.0 Å². The molecule has 51 valence electrons. The highest BCUT2D eigenvalue weighted by atomic mass is 32.2. The molecule has 0 saturated carbocycles. The van der Waals surface area contributed by atoms with Gasteiger partial charge >= 0.3 is 6.41 Å². The molecule has 0 atom stereocenters. The first kappa shape index (κ1) is 6.89. The van der Waals surface area contributed by atoms with Crippen molar-refractivity contribution in [2.75, 3.05) is 24.6 Å². The van der Waals surface area contributed by atoms with E-state index in [1.54, 1.807) is 6.41 Å². The Morgan fingerprint density at radius 1 is 1.44 bits per heavy atom. The zero-order valence-electron chi connectivity index (χ0n) is 5.00. The summed E-state index contributed by atoms with van der Waals surface area (Å²) in [5.41, 5.74) is 0. The molecule has 1 heterocycles. The Hall–Kier alpha value is -0.220. The lowest BCUT2D eigenvalue weighted by Crippen LogP contribution is -2.39. The van der Waals surface area contributed by atoms with Gasteiger partial charge in [-0.25, -0.2) is 0 Å². The van der Waals surface area contributed by atoms with Crippen LogP contribution in [0.2, 0.25) is 0 Å². The Bertz CT molecular complexity index is 101. The Kier molecular flexibility index (Phi) is 2.36. The van der Waals surface area contributed by atoms with Crippen LogP contribution < -0.4 is 0 Å². The van der Waals surface area contributed by atoms with E-state index in [1.807, 2.05) is 0 Å². The van der Waals surface area contributed by atoms with E-state index in [9.17, 15) is 9.35 Å². The maximum Gasteiger partial charge on any atom is 0.312 e. The number of hydrogen-bond donors (Lipinski definition) is 0. The molecule has 0 aromatic rings. The number of amides is 1. The van der Waals surface area contributed by atoms with Gasteiger partial charge in [0, 0.05) is 0 Å². The Morgan fingerprint density at radius 3 is 2.44 bits per heavy atom. The highest BCUT2D eigenvalue weighted by molar-refractivity contribution is 7.91. The average molecular weight is 146 g/mol. The van der Waals surface area contributed by atoms with Crippen LogP contribution in [0.15, 0.2) is 0 Å². The summed E-state index contributed by atoms with van der Waals surface area (Å²) < 4.78 is 10.7. The molecular weight excluding hydrogens is 138 g/mol. The lowest BCUT2D eigenvalue weighted by atomic mass is 10.5. The summed E-state index contributed by atoms with van der Waals surface area (Å²) in [6, 6.07) is 0. The second kappa shape index (κ2) is 3.08. The first-order valence-electron chi connectivity index (χ1n) is 2.80. The van der Waals surface area contributed by atoms with Crippen molar-refractivity contribution in [3.05, 3.63) is 0 Å². The van der Waals surface area contributed by atoms with Gasteiger partial charge in [-0.15, -0.1) is 0 Å². The molecule has 1 fully saturated rings. The van der Waals surface area contributed by atoms with E-state index in [-0.39, 0.29) is 0 Å². The molecule has 1 rings (SSSR count).